The number of allylic oxidation sites excluding steroid dienone is 2. The maximum atomic E-state index is 10.6. The first-order valence-corrected chi connectivity index (χ1v) is 13.5. The molecule has 6 rings (SSSR count). The van der Waals surface area contributed by atoms with Crippen molar-refractivity contribution in [2.24, 2.45) is 9.98 Å². The van der Waals surface area contributed by atoms with Crippen molar-refractivity contribution in [3.05, 3.63) is 83.2 Å². The molecule has 214 valence electrons. The molecule has 2 aromatic heterocycles. The van der Waals surface area contributed by atoms with Gasteiger partial charge in [-0.3, -0.25) is 9.98 Å². The van der Waals surface area contributed by atoms with Crippen LogP contribution in [0.15, 0.2) is 70.7 Å². The Labute approximate surface area is 234 Å². The number of halogens is 3. The number of rotatable bonds is 6. The number of carbonyl (C=O) groups is 1. The molecule has 0 unspecified atom stereocenters. The minimum atomic E-state index is -5.08. The number of hydrogen-bond donors (Lipinski definition) is 5. The van der Waals surface area contributed by atoms with Crippen molar-refractivity contribution in [1.82, 2.24) is 20.6 Å². The molecule has 0 atom stereocenters. The van der Waals surface area contributed by atoms with E-state index < -0.39 is 12.1 Å². The Morgan fingerprint density at radius 1 is 0.780 bits per heavy atom. The number of nitrogens with one attached hydrogen (secondary N) is 4. The minimum Gasteiger partial charge on any atom is -0.475 e. The topological polar surface area (TPSA) is 118 Å². The fourth-order valence-electron chi connectivity index (χ4n) is 4.76. The first-order chi connectivity index (χ1) is 19.8. The number of aromatic amines is 2. The monoisotopic (exact) mass is 564 g/mol. The molecule has 8 nitrogen and oxygen atoms in total. The summed E-state index contributed by atoms with van der Waals surface area (Å²) in [5, 5.41) is 16.4. The molecule has 2 aromatic carbocycles. The standard InChI is InChI=1S/C28H30N6.C2HF3O2/c1(5-23-15-19-7-9-21(17-25(19)33-23)27-29-11-3-12-30-27)2-6-24-16-20-8-10-22(18-26(20)34-24)28-31-13-4-14-32-28;3-2(4,5)1(6)7/h1-2,7-10,15-18,33-34H,3-6,11-14H2,(H,29,30)(H,31,32);(H,6,7)/b2-1+;. The molecule has 0 fully saturated rings. The number of alkyl halides is 3. The number of carboxylic acid groups (broad SMARTS) is 1. The normalized spacial score (nSPS) is 15.6. The van der Waals surface area contributed by atoms with Gasteiger partial charge in [-0.15, -0.1) is 0 Å². The van der Waals surface area contributed by atoms with Crippen LogP contribution in [0.2, 0.25) is 0 Å². The Morgan fingerprint density at radius 2 is 1.22 bits per heavy atom. The lowest BCUT2D eigenvalue weighted by Crippen LogP contribution is -2.30. The van der Waals surface area contributed by atoms with Gasteiger partial charge in [0.25, 0.3) is 0 Å². The molecule has 4 aromatic rings. The molecule has 0 bridgehead atoms. The largest absolute Gasteiger partial charge is 0.490 e. The van der Waals surface area contributed by atoms with E-state index >= 15 is 0 Å². The van der Waals surface area contributed by atoms with Gasteiger partial charge in [-0.1, -0.05) is 36.4 Å². The molecule has 4 heterocycles. The van der Waals surface area contributed by atoms with E-state index in [4.69, 9.17) is 9.90 Å². The van der Waals surface area contributed by atoms with Gasteiger partial charge in [0.2, 0.25) is 0 Å². The summed E-state index contributed by atoms with van der Waals surface area (Å²) < 4.78 is 31.7. The zero-order chi connectivity index (χ0) is 28.8. The van der Waals surface area contributed by atoms with Crippen LogP contribution >= 0.6 is 0 Å². The second kappa shape index (κ2) is 12.3. The summed E-state index contributed by atoms with van der Waals surface area (Å²) in [4.78, 5) is 25.3. The summed E-state index contributed by atoms with van der Waals surface area (Å²) in [6, 6.07) is 17.6. The van der Waals surface area contributed by atoms with Gasteiger partial charge in [0.1, 0.15) is 11.7 Å². The van der Waals surface area contributed by atoms with Crippen LogP contribution in [0.25, 0.3) is 21.8 Å². The van der Waals surface area contributed by atoms with Gasteiger partial charge >= 0.3 is 12.1 Å². The molecule has 0 spiro atoms. The molecule has 5 N–H and O–H groups in total. The molecule has 41 heavy (non-hydrogen) atoms. The summed E-state index contributed by atoms with van der Waals surface area (Å²) >= 11 is 0. The summed E-state index contributed by atoms with van der Waals surface area (Å²) in [6.45, 7) is 3.82. The number of fused-ring (bicyclic) bond motifs is 2. The van der Waals surface area contributed by atoms with Crippen LogP contribution in [0, 0.1) is 0 Å². The van der Waals surface area contributed by atoms with Gasteiger partial charge in [0.05, 0.1) is 0 Å². The van der Waals surface area contributed by atoms with Crippen LogP contribution in [-0.4, -0.2) is 65.1 Å². The van der Waals surface area contributed by atoms with Crippen LogP contribution in [0.3, 0.4) is 0 Å². The average Bonchev–Trinajstić information content (AvgIpc) is 3.58. The van der Waals surface area contributed by atoms with Crippen molar-refractivity contribution in [3.8, 4) is 0 Å². The third kappa shape index (κ3) is 7.16. The highest BCUT2D eigenvalue weighted by Crippen LogP contribution is 2.20. The third-order valence-corrected chi connectivity index (χ3v) is 6.78. The number of carboxylic acids is 1. The summed E-state index contributed by atoms with van der Waals surface area (Å²) in [7, 11) is 0. The van der Waals surface area contributed by atoms with E-state index in [-0.39, 0.29) is 0 Å². The number of nitrogens with zero attached hydrogens (tertiary/aromatic N) is 2. The molecule has 0 saturated carbocycles. The average molecular weight is 565 g/mol. The molecule has 0 radical (unpaired) electrons. The zero-order valence-electron chi connectivity index (χ0n) is 22.3. The van der Waals surface area contributed by atoms with Crippen LogP contribution in [0.1, 0.15) is 35.4 Å². The van der Waals surface area contributed by atoms with Crippen molar-refractivity contribution in [2.45, 2.75) is 31.9 Å². The highest BCUT2D eigenvalue weighted by Gasteiger charge is 2.38. The number of amidine groups is 2. The maximum absolute atomic E-state index is 10.6. The van der Waals surface area contributed by atoms with Gasteiger partial charge in [0.15, 0.2) is 0 Å². The van der Waals surface area contributed by atoms with Gasteiger partial charge in [-0.25, -0.2) is 4.79 Å². The minimum absolute atomic E-state index is 0.888. The van der Waals surface area contributed by atoms with Crippen molar-refractivity contribution >= 4 is 39.4 Å². The van der Waals surface area contributed by atoms with E-state index in [2.05, 4.69) is 91.3 Å². The van der Waals surface area contributed by atoms with Crippen molar-refractivity contribution in [2.75, 3.05) is 26.2 Å². The Morgan fingerprint density at radius 3 is 1.59 bits per heavy atom. The Bertz CT molecular complexity index is 1520. The van der Waals surface area contributed by atoms with Crippen molar-refractivity contribution in [3.63, 3.8) is 0 Å². The van der Waals surface area contributed by atoms with Crippen LogP contribution in [0.4, 0.5) is 13.2 Å². The predicted octanol–water partition coefficient (Wildman–Crippen LogP) is 5.10. The lowest BCUT2D eigenvalue weighted by Gasteiger charge is -2.14. The van der Waals surface area contributed by atoms with E-state index in [1.165, 1.54) is 33.2 Å². The van der Waals surface area contributed by atoms with Gasteiger partial charge in [-0.05, 0) is 47.9 Å². The van der Waals surface area contributed by atoms with Gasteiger partial charge < -0.3 is 25.7 Å². The van der Waals surface area contributed by atoms with Crippen LogP contribution in [0.5, 0.6) is 0 Å². The molecule has 2 aliphatic heterocycles. The summed E-state index contributed by atoms with van der Waals surface area (Å²) in [5.41, 5.74) is 7.10. The summed E-state index contributed by atoms with van der Waals surface area (Å²) in [5.74, 6) is -0.734. The van der Waals surface area contributed by atoms with Crippen molar-refractivity contribution < 1.29 is 23.1 Å². The number of benzene rings is 2. The highest BCUT2D eigenvalue weighted by molar-refractivity contribution is 6.02. The predicted molar refractivity (Wildman–Crippen MR) is 155 cm³/mol. The molecule has 0 amide bonds. The number of hydrogen-bond acceptors (Lipinski definition) is 5. The second-order valence-corrected chi connectivity index (χ2v) is 9.90. The first kappa shape index (κ1) is 28.0. The SMILES string of the molecule is C(=C\Cc1cc2ccc(C3=NCCCN3)cc2[nH]1)/Cc1cc2ccc(C3=NCCCN3)cc2[nH]1.O=C(O)C(F)(F)F. The molecular weight excluding hydrogens is 533 g/mol. The van der Waals surface area contributed by atoms with E-state index in [0.29, 0.717) is 0 Å². The second-order valence-electron chi connectivity index (χ2n) is 9.90. The Hall–Kier alpha value is -4.54. The number of aliphatic carboxylic acids is 1. The maximum Gasteiger partial charge on any atom is 0.490 e. The van der Waals surface area contributed by atoms with E-state index in [1.54, 1.807) is 0 Å². The number of aromatic nitrogens is 2. The lowest BCUT2D eigenvalue weighted by atomic mass is 10.1. The van der Waals surface area contributed by atoms with E-state index in [9.17, 15) is 13.2 Å². The fourth-order valence-corrected chi connectivity index (χ4v) is 4.76. The van der Waals surface area contributed by atoms with Gasteiger partial charge in [0, 0.05) is 72.6 Å². The van der Waals surface area contributed by atoms with Crippen molar-refractivity contribution in [1.29, 1.82) is 0 Å². The number of aliphatic imine (C=N–C) groups is 2. The van der Waals surface area contributed by atoms with Crippen LogP contribution < -0.4 is 10.6 Å². The Kier molecular flexibility index (Phi) is 8.42. The molecule has 11 heteroatoms. The number of H-pyrrole nitrogens is 2. The quantitative estimate of drug-likeness (QED) is 0.209. The smallest absolute Gasteiger partial charge is 0.475 e. The fraction of sp³-hybridized carbons (Fsp3) is 0.300. The van der Waals surface area contributed by atoms with Gasteiger partial charge in [-0.2, -0.15) is 13.2 Å². The Balaban J connectivity index is 0.000000431. The first-order valence-electron chi connectivity index (χ1n) is 13.5. The highest BCUT2D eigenvalue weighted by atomic mass is 19.4. The molecular formula is C30H31F3N6O2. The molecule has 2 aliphatic rings. The third-order valence-electron chi connectivity index (χ3n) is 6.78. The van der Waals surface area contributed by atoms with E-state index in [1.807, 2.05) is 0 Å². The summed E-state index contributed by atoms with van der Waals surface area (Å²) in [6.07, 6.45) is 3.40. The zero-order valence-corrected chi connectivity index (χ0v) is 22.3. The van der Waals surface area contributed by atoms with E-state index in [0.717, 1.165) is 74.7 Å². The van der Waals surface area contributed by atoms with Crippen LogP contribution in [-0.2, 0) is 17.6 Å². The molecule has 0 aliphatic carbocycles. The molecule has 0 saturated heterocycles. The lowest BCUT2D eigenvalue weighted by molar-refractivity contribution is -0.192.